The summed E-state index contributed by atoms with van der Waals surface area (Å²) in [6.45, 7) is 4.05. The fourth-order valence-electron chi connectivity index (χ4n) is 5.36. The second kappa shape index (κ2) is 12.2. The molecule has 1 amide bonds. The highest BCUT2D eigenvalue weighted by atomic mass is 32.2. The van der Waals surface area contributed by atoms with Crippen molar-refractivity contribution >= 4 is 61.5 Å². The molecular formula is C32H29N3O4S3. The van der Waals surface area contributed by atoms with Crippen LogP contribution in [0.3, 0.4) is 0 Å². The van der Waals surface area contributed by atoms with Gasteiger partial charge in [0.2, 0.25) is 5.91 Å². The van der Waals surface area contributed by atoms with Crippen molar-refractivity contribution in [3.05, 3.63) is 91.9 Å². The fourth-order valence-corrected chi connectivity index (χ4v) is 8.56. The quantitative estimate of drug-likeness (QED) is 0.112. The van der Waals surface area contributed by atoms with E-state index in [4.69, 9.17) is 9.72 Å². The normalized spacial score (nSPS) is 12.7. The van der Waals surface area contributed by atoms with Crippen molar-refractivity contribution in [2.24, 2.45) is 0 Å². The predicted octanol–water partition coefficient (Wildman–Crippen LogP) is 7.27. The van der Waals surface area contributed by atoms with Crippen LogP contribution >= 0.6 is 34.4 Å². The Kier molecular flexibility index (Phi) is 8.28. The summed E-state index contributed by atoms with van der Waals surface area (Å²) in [5.74, 6) is -0.650. The summed E-state index contributed by atoms with van der Waals surface area (Å²) in [6, 6.07) is 19.2. The van der Waals surface area contributed by atoms with Crippen LogP contribution in [0.2, 0.25) is 0 Å². The number of benzene rings is 2. The zero-order valence-electron chi connectivity index (χ0n) is 23.3. The molecule has 3 aromatic heterocycles. The number of esters is 1. The van der Waals surface area contributed by atoms with E-state index >= 15 is 0 Å². The van der Waals surface area contributed by atoms with Crippen LogP contribution in [0.4, 0.5) is 5.00 Å². The molecule has 2 aromatic carbocycles. The lowest BCUT2D eigenvalue weighted by Gasteiger charge is -2.13. The van der Waals surface area contributed by atoms with Crippen LogP contribution in [-0.2, 0) is 22.4 Å². The molecule has 0 bridgehead atoms. The highest BCUT2D eigenvalue weighted by molar-refractivity contribution is 7.99. The summed E-state index contributed by atoms with van der Waals surface area (Å²) in [4.78, 5) is 48.0. The molecule has 10 heteroatoms. The maximum Gasteiger partial charge on any atom is 0.341 e. The van der Waals surface area contributed by atoms with E-state index in [9.17, 15) is 14.4 Å². The number of aryl methyl sites for hydroxylation is 2. The van der Waals surface area contributed by atoms with E-state index in [2.05, 4.69) is 5.32 Å². The molecule has 0 aliphatic heterocycles. The van der Waals surface area contributed by atoms with Crippen LogP contribution in [0, 0.1) is 6.92 Å². The number of anilines is 1. The number of fused-ring (bicyclic) bond motifs is 2. The highest BCUT2D eigenvalue weighted by Gasteiger charge is 2.28. The van der Waals surface area contributed by atoms with Crippen LogP contribution in [0.25, 0.3) is 27.0 Å². The number of para-hydroxylation sites is 1. The number of ether oxygens (including phenoxy) is 1. The van der Waals surface area contributed by atoms with Crippen LogP contribution in [0.1, 0.15) is 45.4 Å². The first kappa shape index (κ1) is 28.4. The number of amides is 1. The Bertz CT molecular complexity index is 1840. The molecule has 3 heterocycles. The summed E-state index contributed by atoms with van der Waals surface area (Å²) in [5, 5.41) is 4.52. The minimum Gasteiger partial charge on any atom is -0.462 e. The molecule has 1 N–H and O–H groups in total. The molecule has 42 heavy (non-hydrogen) atoms. The standard InChI is InChI=1S/C32H29N3O4S3/c1-3-39-31(38)26-22-16-10-11-17-23(22)42-28(26)33-24(36)18-40-32-34-29-27(30(37)35(32)21-14-8-5-9-15-21)25(19(2)41-29)20-12-6-4-7-13-20/h4-9,12-15H,3,10-11,16-18H2,1-2H3,(H,33,36). The minimum atomic E-state index is -0.396. The summed E-state index contributed by atoms with van der Waals surface area (Å²) < 4.78 is 6.92. The molecule has 0 radical (unpaired) electrons. The Morgan fingerprint density at radius 1 is 1.02 bits per heavy atom. The fraction of sp³-hybridized carbons (Fsp3) is 0.250. The second-order valence-electron chi connectivity index (χ2n) is 9.92. The van der Waals surface area contributed by atoms with Crippen molar-refractivity contribution in [1.29, 1.82) is 0 Å². The third-order valence-electron chi connectivity index (χ3n) is 7.18. The minimum absolute atomic E-state index is 0.0194. The average molecular weight is 616 g/mol. The van der Waals surface area contributed by atoms with Gasteiger partial charge in [0.25, 0.3) is 5.56 Å². The van der Waals surface area contributed by atoms with Crippen molar-refractivity contribution in [3.8, 4) is 16.8 Å². The second-order valence-corrected chi connectivity index (χ2v) is 13.2. The number of carbonyl (C=O) groups is 2. The molecule has 0 atom stereocenters. The molecule has 6 rings (SSSR count). The largest absolute Gasteiger partial charge is 0.462 e. The Hall–Kier alpha value is -3.73. The van der Waals surface area contributed by atoms with Crippen molar-refractivity contribution in [2.75, 3.05) is 17.7 Å². The molecule has 0 fully saturated rings. The number of aromatic nitrogens is 2. The molecule has 0 unspecified atom stereocenters. The van der Waals surface area contributed by atoms with Crippen molar-refractivity contribution in [1.82, 2.24) is 9.55 Å². The zero-order valence-corrected chi connectivity index (χ0v) is 25.7. The van der Waals surface area contributed by atoms with Gasteiger partial charge in [-0.25, -0.2) is 9.78 Å². The lowest BCUT2D eigenvalue weighted by molar-refractivity contribution is -0.113. The first-order valence-electron chi connectivity index (χ1n) is 13.9. The number of nitrogens with zero attached hydrogens (tertiary/aromatic N) is 2. The first-order chi connectivity index (χ1) is 20.5. The van der Waals surface area contributed by atoms with Gasteiger partial charge in [-0.15, -0.1) is 22.7 Å². The van der Waals surface area contributed by atoms with Crippen LogP contribution in [0.15, 0.2) is 70.6 Å². The lowest BCUT2D eigenvalue weighted by Crippen LogP contribution is -2.23. The molecule has 0 saturated heterocycles. The number of hydrogen-bond donors (Lipinski definition) is 1. The molecular weight excluding hydrogens is 587 g/mol. The monoisotopic (exact) mass is 615 g/mol. The number of thiophene rings is 2. The van der Waals surface area contributed by atoms with Crippen molar-refractivity contribution < 1.29 is 14.3 Å². The highest BCUT2D eigenvalue weighted by Crippen LogP contribution is 2.39. The lowest BCUT2D eigenvalue weighted by atomic mass is 9.95. The summed E-state index contributed by atoms with van der Waals surface area (Å²) in [6.07, 6.45) is 3.79. The molecule has 1 aliphatic rings. The Morgan fingerprint density at radius 2 is 1.74 bits per heavy atom. The van der Waals surface area contributed by atoms with Gasteiger partial charge in [0.15, 0.2) is 5.16 Å². The SMILES string of the molecule is CCOC(=O)c1c(NC(=O)CSc2nc3sc(C)c(-c4ccccc4)c3c(=O)n2-c2ccccc2)sc2c1CCCC2. The van der Waals surface area contributed by atoms with Gasteiger partial charge in [0.1, 0.15) is 9.83 Å². The van der Waals surface area contributed by atoms with E-state index in [-0.39, 0.29) is 23.8 Å². The van der Waals surface area contributed by atoms with E-state index in [1.165, 1.54) is 34.4 Å². The Morgan fingerprint density at radius 3 is 2.48 bits per heavy atom. The number of nitrogens with one attached hydrogen (secondary N) is 1. The van der Waals surface area contributed by atoms with Gasteiger partial charge >= 0.3 is 5.97 Å². The maximum absolute atomic E-state index is 14.2. The van der Waals surface area contributed by atoms with Crippen LogP contribution in [-0.4, -0.2) is 33.8 Å². The summed E-state index contributed by atoms with van der Waals surface area (Å²) in [7, 11) is 0. The molecule has 1 aliphatic carbocycles. The number of hydrogen-bond acceptors (Lipinski definition) is 8. The van der Waals surface area contributed by atoms with Gasteiger partial charge in [-0.3, -0.25) is 14.2 Å². The first-order valence-corrected chi connectivity index (χ1v) is 16.5. The smallest absolute Gasteiger partial charge is 0.341 e. The number of thioether (sulfide) groups is 1. The van der Waals surface area contributed by atoms with E-state index in [0.29, 0.717) is 31.6 Å². The number of rotatable bonds is 8. The predicted molar refractivity (Wildman–Crippen MR) is 172 cm³/mol. The Balaban J connectivity index is 1.35. The molecule has 5 aromatic rings. The van der Waals surface area contributed by atoms with Crippen LogP contribution < -0.4 is 10.9 Å². The van der Waals surface area contributed by atoms with E-state index in [0.717, 1.165) is 52.1 Å². The average Bonchev–Trinajstić information content (AvgIpc) is 3.53. The van der Waals surface area contributed by atoms with Gasteiger partial charge in [-0.05, 0) is 62.8 Å². The maximum atomic E-state index is 14.2. The number of carbonyl (C=O) groups excluding carboxylic acids is 2. The van der Waals surface area contributed by atoms with Gasteiger partial charge in [0, 0.05) is 15.3 Å². The van der Waals surface area contributed by atoms with Crippen molar-refractivity contribution in [2.45, 2.75) is 44.7 Å². The van der Waals surface area contributed by atoms with Crippen LogP contribution in [0.5, 0.6) is 0 Å². The zero-order chi connectivity index (χ0) is 29.2. The van der Waals surface area contributed by atoms with E-state index in [1.807, 2.05) is 67.6 Å². The van der Waals surface area contributed by atoms with Gasteiger partial charge in [0.05, 0.1) is 29.0 Å². The van der Waals surface area contributed by atoms with Gasteiger partial charge in [-0.1, -0.05) is 60.3 Å². The van der Waals surface area contributed by atoms with E-state index in [1.54, 1.807) is 11.5 Å². The van der Waals surface area contributed by atoms with Crippen molar-refractivity contribution in [3.63, 3.8) is 0 Å². The Labute approximate surface area is 255 Å². The molecule has 0 saturated carbocycles. The molecule has 0 spiro atoms. The summed E-state index contributed by atoms with van der Waals surface area (Å²) in [5.41, 5.74) is 3.85. The third-order valence-corrected chi connectivity index (χ3v) is 10.3. The van der Waals surface area contributed by atoms with Gasteiger partial charge < -0.3 is 10.1 Å². The topological polar surface area (TPSA) is 90.3 Å². The summed E-state index contributed by atoms with van der Waals surface area (Å²) >= 11 is 4.14. The molecule has 7 nitrogen and oxygen atoms in total. The third kappa shape index (κ3) is 5.42. The van der Waals surface area contributed by atoms with Gasteiger partial charge in [-0.2, -0.15) is 0 Å². The van der Waals surface area contributed by atoms with E-state index < -0.39 is 5.97 Å². The molecule has 214 valence electrons.